The standard InChI is InChI=1S/C21H34N4O.C12H19N3O.C5H13N.C2H6/c1-15(13-22-6)21(5)14-26-20(3,4)12-18(21)25(8)19-11-9-10-17(24-19)16(2)23-7;1-3-12(5-4-6-14-11-13-2)15-7-9-16-10-8-15;1-3-5-6-4-2;1-2/h9-11,13,16,18,23H,6,12,14H2,1-5,7-8H3;3-6,14H,1-2,7-11H2;6H,3-5H2,1-2H3;1-2H3/b15-13+;6-4+,12-5+;;/t16-,18-,21-;;;/m0.../s1. The Morgan fingerprint density at radius 1 is 1.18 bits per heavy atom. The van der Waals surface area contributed by atoms with Crippen molar-refractivity contribution in [2.75, 3.05) is 71.7 Å². The van der Waals surface area contributed by atoms with Crippen LogP contribution < -0.4 is 20.9 Å². The maximum atomic E-state index is 6.18. The molecule has 1 aromatic heterocycles. The fourth-order valence-corrected chi connectivity index (χ4v) is 5.41. The molecular formula is C40H72N8O2. The van der Waals surface area contributed by atoms with Crippen LogP contribution in [0.3, 0.4) is 0 Å². The molecule has 2 aliphatic rings. The van der Waals surface area contributed by atoms with E-state index in [0.29, 0.717) is 13.3 Å². The molecule has 0 radical (unpaired) electrons. The van der Waals surface area contributed by atoms with Gasteiger partial charge in [-0.15, -0.1) is 0 Å². The van der Waals surface area contributed by atoms with Gasteiger partial charge in [-0.05, 0) is 116 Å². The molecule has 3 rings (SSSR count). The van der Waals surface area contributed by atoms with Crippen molar-refractivity contribution in [2.24, 2.45) is 15.4 Å². The highest BCUT2D eigenvalue weighted by atomic mass is 16.5. The Kier molecular flexibility index (Phi) is 24.7. The average Bonchev–Trinajstić information content (AvgIpc) is 3.14. The number of hydrogen-bond acceptors (Lipinski definition) is 10. The monoisotopic (exact) mass is 697 g/mol. The zero-order valence-corrected chi connectivity index (χ0v) is 33.5. The molecule has 0 bridgehead atoms. The Hall–Kier alpha value is -3.31. The lowest BCUT2D eigenvalue weighted by Gasteiger charge is -2.51. The first-order valence-electron chi connectivity index (χ1n) is 18.3. The molecule has 0 spiro atoms. The minimum Gasteiger partial charge on any atom is -0.378 e. The normalized spacial score (nSPS) is 20.9. The van der Waals surface area contributed by atoms with Gasteiger partial charge in [0.2, 0.25) is 0 Å². The summed E-state index contributed by atoms with van der Waals surface area (Å²) in [5.41, 5.74) is 3.02. The van der Waals surface area contributed by atoms with Crippen molar-refractivity contribution >= 4 is 19.3 Å². The molecule has 10 nitrogen and oxygen atoms in total. The molecule has 50 heavy (non-hydrogen) atoms. The maximum absolute atomic E-state index is 6.18. The van der Waals surface area contributed by atoms with Crippen LogP contribution in [-0.2, 0) is 9.47 Å². The largest absolute Gasteiger partial charge is 0.378 e. The molecule has 2 saturated heterocycles. The zero-order valence-electron chi connectivity index (χ0n) is 33.5. The van der Waals surface area contributed by atoms with Crippen LogP contribution in [0, 0.1) is 5.41 Å². The molecule has 3 N–H and O–H groups in total. The average molecular weight is 697 g/mol. The number of morpholine rings is 1. The first kappa shape index (κ1) is 46.7. The first-order valence-corrected chi connectivity index (χ1v) is 18.3. The van der Waals surface area contributed by atoms with Crippen LogP contribution in [0.2, 0.25) is 0 Å². The predicted octanol–water partition coefficient (Wildman–Crippen LogP) is 7.16. The van der Waals surface area contributed by atoms with Crippen molar-refractivity contribution in [1.82, 2.24) is 25.8 Å². The Morgan fingerprint density at radius 2 is 1.86 bits per heavy atom. The molecule has 0 aromatic carbocycles. The summed E-state index contributed by atoms with van der Waals surface area (Å²) in [6.45, 7) is 36.8. The van der Waals surface area contributed by atoms with E-state index in [9.17, 15) is 0 Å². The predicted molar refractivity (Wildman–Crippen MR) is 218 cm³/mol. The van der Waals surface area contributed by atoms with Crippen LogP contribution in [0.5, 0.6) is 0 Å². The quantitative estimate of drug-likeness (QED) is 0.101. The summed E-state index contributed by atoms with van der Waals surface area (Å²) in [6.07, 6.45) is 11.7. The second-order valence-corrected chi connectivity index (χ2v) is 12.9. The first-order chi connectivity index (χ1) is 23.9. The van der Waals surface area contributed by atoms with Gasteiger partial charge in [0.25, 0.3) is 0 Å². The lowest BCUT2D eigenvalue weighted by Crippen LogP contribution is -2.56. The Balaban J connectivity index is 0.000000848. The number of nitrogens with zero attached hydrogens (tertiary/aromatic N) is 5. The minimum absolute atomic E-state index is 0.155. The molecule has 1 aromatic rings. The van der Waals surface area contributed by atoms with Gasteiger partial charge in [0, 0.05) is 49.5 Å². The van der Waals surface area contributed by atoms with Gasteiger partial charge in [0.05, 0.1) is 31.1 Å². The van der Waals surface area contributed by atoms with Crippen LogP contribution in [-0.4, -0.2) is 102 Å². The third-order valence-electron chi connectivity index (χ3n) is 8.78. The number of ether oxygens (including phenoxy) is 2. The third-order valence-corrected chi connectivity index (χ3v) is 8.78. The van der Waals surface area contributed by atoms with Gasteiger partial charge in [-0.3, -0.25) is 9.98 Å². The number of aromatic nitrogens is 1. The highest BCUT2D eigenvalue weighted by Crippen LogP contribution is 2.44. The summed E-state index contributed by atoms with van der Waals surface area (Å²) in [5, 5.41) is 9.45. The number of allylic oxidation sites excluding steroid dienone is 3. The van der Waals surface area contributed by atoms with E-state index >= 15 is 0 Å². The molecule has 284 valence electrons. The fraction of sp³-hybridized carbons (Fsp3) is 0.625. The molecule has 0 unspecified atom stereocenters. The molecule has 10 heteroatoms. The van der Waals surface area contributed by atoms with Crippen LogP contribution >= 0.6 is 0 Å². The van der Waals surface area contributed by atoms with Crippen molar-refractivity contribution in [1.29, 1.82) is 0 Å². The summed E-state index contributed by atoms with van der Waals surface area (Å²) >= 11 is 0. The van der Waals surface area contributed by atoms with Gasteiger partial charge in [-0.2, -0.15) is 0 Å². The van der Waals surface area contributed by atoms with Crippen molar-refractivity contribution in [3.63, 3.8) is 0 Å². The topological polar surface area (TPSA) is 98.6 Å². The maximum Gasteiger partial charge on any atom is 0.128 e. The number of rotatable bonds is 15. The third kappa shape index (κ3) is 16.6. The van der Waals surface area contributed by atoms with Crippen LogP contribution in [0.4, 0.5) is 5.82 Å². The lowest BCUT2D eigenvalue weighted by atomic mass is 9.70. The molecule has 0 amide bonds. The van der Waals surface area contributed by atoms with Gasteiger partial charge in [-0.1, -0.05) is 47.3 Å². The second kappa shape index (κ2) is 26.5. The van der Waals surface area contributed by atoms with Crippen molar-refractivity contribution < 1.29 is 9.47 Å². The van der Waals surface area contributed by atoms with Gasteiger partial charge in [0.1, 0.15) is 12.5 Å². The SMILES string of the molecule is C=C/C(=C\C=C\NCN=C)N1CCOCC1.C=N/C=C(\C)[C@]1(C)COC(C)(C)C[C@@H]1N(C)c1cccc([C@H](C)NC)n1.CC.CCCNCC. The molecule has 3 atom stereocenters. The summed E-state index contributed by atoms with van der Waals surface area (Å²) in [7, 11) is 4.09. The molecular weight excluding hydrogens is 624 g/mol. The Bertz CT molecular complexity index is 1170. The zero-order chi connectivity index (χ0) is 38.0. The van der Waals surface area contributed by atoms with E-state index in [-0.39, 0.29) is 23.1 Å². The van der Waals surface area contributed by atoms with Crippen molar-refractivity contribution in [3.05, 3.63) is 72.4 Å². The van der Waals surface area contributed by atoms with Crippen molar-refractivity contribution in [3.8, 4) is 0 Å². The van der Waals surface area contributed by atoms with Crippen molar-refractivity contribution in [2.45, 2.75) is 92.8 Å². The number of anilines is 1. The highest BCUT2D eigenvalue weighted by molar-refractivity contribution is 5.43. The van der Waals surface area contributed by atoms with E-state index in [1.807, 2.05) is 51.5 Å². The van der Waals surface area contributed by atoms with E-state index in [1.165, 1.54) is 12.0 Å². The summed E-state index contributed by atoms with van der Waals surface area (Å²) in [4.78, 5) is 17.1. The highest BCUT2D eigenvalue weighted by Gasteiger charge is 2.47. The summed E-state index contributed by atoms with van der Waals surface area (Å²) in [6, 6.07) is 6.69. The molecule has 0 saturated carbocycles. The van der Waals surface area contributed by atoms with Crippen LogP contribution in [0.25, 0.3) is 0 Å². The minimum atomic E-state index is -0.170. The van der Waals surface area contributed by atoms with Gasteiger partial charge in [0.15, 0.2) is 0 Å². The van der Waals surface area contributed by atoms with Crippen LogP contribution in [0.15, 0.2) is 76.7 Å². The fourth-order valence-electron chi connectivity index (χ4n) is 5.41. The van der Waals surface area contributed by atoms with E-state index in [0.717, 1.165) is 63.0 Å². The number of nitrogens with one attached hydrogen (secondary N) is 3. The second-order valence-electron chi connectivity index (χ2n) is 12.9. The van der Waals surface area contributed by atoms with E-state index in [1.54, 1.807) is 0 Å². The summed E-state index contributed by atoms with van der Waals surface area (Å²) in [5.74, 6) is 0.984. The Morgan fingerprint density at radius 3 is 2.40 bits per heavy atom. The number of pyridine rings is 1. The van der Waals surface area contributed by atoms with E-state index in [4.69, 9.17) is 14.5 Å². The molecule has 0 aliphatic carbocycles. The molecule has 3 heterocycles. The van der Waals surface area contributed by atoms with Gasteiger partial charge < -0.3 is 35.2 Å². The molecule has 2 aliphatic heterocycles. The van der Waals surface area contributed by atoms with E-state index in [2.05, 4.69) is 129 Å². The van der Waals surface area contributed by atoms with Gasteiger partial charge >= 0.3 is 0 Å². The molecule has 2 fully saturated rings. The Labute approximate surface area is 306 Å². The number of aliphatic imine (C=N–C) groups is 2. The lowest BCUT2D eigenvalue weighted by molar-refractivity contribution is -0.107. The van der Waals surface area contributed by atoms with Crippen LogP contribution in [0.1, 0.15) is 86.9 Å². The van der Waals surface area contributed by atoms with E-state index < -0.39 is 0 Å². The number of hydrogen-bond donors (Lipinski definition) is 3. The van der Waals surface area contributed by atoms with Gasteiger partial charge in [-0.25, -0.2) is 4.98 Å². The smallest absolute Gasteiger partial charge is 0.128 e. The summed E-state index contributed by atoms with van der Waals surface area (Å²) < 4.78 is 11.5.